The van der Waals surface area contributed by atoms with Gasteiger partial charge >= 0.3 is 0 Å². The molecule has 0 atom stereocenters. The number of halogens is 1. The van der Waals surface area contributed by atoms with E-state index in [1.807, 2.05) is 0 Å². The van der Waals surface area contributed by atoms with Crippen molar-refractivity contribution < 1.29 is 4.79 Å². The molecule has 0 aromatic carbocycles. The largest absolute Gasteiger partial charge is 0.356 e. The molecule has 0 saturated heterocycles. The molecule has 120 valence electrons. The highest BCUT2D eigenvalue weighted by atomic mass is 127. The zero-order chi connectivity index (χ0) is 14.7. The number of unbranched alkanes of at least 4 members (excludes halogenated alkanes) is 1. The average molecular weight is 398 g/mol. The van der Waals surface area contributed by atoms with Crippen LogP contribution in [0.3, 0.4) is 0 Å². The number of carbonyl (C=O) groups excluding carboxylic acids is 1. The van der Waals surface area contributed by atoms with Gasteiger partial charge in [0.25, 0.3) is 0 Å². The Morgan fingerprint density at radius 3 is 2.25 bits per heavy atom. The van der Waals surface area contributed by atoms with Crippen LogP contribution in [0.2, 0.25) is 0 Å². The highest BCUT2D eigenvalue weighted by Gasteiger charge is 2.04. The molecule has 5 nitrogen and oxygen atoms in total. The SMILES string of the molecule is CN=C(NCCCCC(C)C)NCCC(=O)N(C)C.I. The molecular weight excluding hydrogens is 367 g/mol. The molecule has 0 aliphatic heterocycles. The van der Waals surface area contributed by atoms with Crippen molar-refractivity contribution in [1.29, 1.82) is 0 Å². The lowest BCUT2D eigenvalue weighted by Crippen LogP contribution is -2.39. The molecule has 0 bridgehead atoms. The van der Waals surface area contributed by atoms with Crippen LogP contribution in [0.5, 0.6) is 0 Å². The van der Waals surface area contributed by atoms with E-state index in [1.54, 1.807) is 26.0 Å². The first-order chi connectivity index (χ1) is 8.97. The van der Waals surface area contributed by atoms with Crippen LogP contribution in [-0.4, -0.2) is 51.0 Å². The highest BCUT2D eigenvalue weighted by molar-refractivity contribution is 14.0. The number of nitrogens with zero attached hydrogens (tertiary/aromatic N) is 2. The molecule has 0 aromatic heterocycles. The van der Waals surface area contributed by atoms with Crippen molar-refractivity contribution in [1.82, 2.24) is 15.5 Å². The van der Waals surface area contributed by atoms with Gasteiger partial charge in [-0.3, -0.25) is 9.79 Å². The molecule has 6 heteroatoms. The molecule has 0 rings (SSSR count). The van der Waals surface area contributed by atoms with Gasteiger partial charge in [0.15, 0.2) is 5.96 Å². The van der Waals surface area contributed by atoms with Gasteiger partial charge in [-0.15, -0.1) is 24.0 Å². The number of nitrogens with one attached hydrogen (secondary N) is 2. The van der Waals surface area contributed by atoms with Crippen LogP contribution in [0.4, 0.5) is 0 Å². The van der Waals surface area contributed by atoms with Crippen LogP contribution >= 0.6 is 24.0 Å². The molecule has 0 heterocycles. The molecule has 0 spiro atoms. The van der Waals surface area contributed by atoms with Gasteiger partial charge in [-0.1, -0.05) is 26.7 Å². The molecule has 0 saturated carbocycles. The summed E-state index contributed by atoms with van der Waals surface area (Å²) in [7, 11) is 5.28. The maximum Gasteiger partial charge on any atom is 0.223 e. The second-order valence-electron chi connectivity index (χ2n) is 5.35. The quantitative estimate of drug-likeness (QED) is 0.285. The molecule has 2 N–H and O–H groups in total. The summed E-state index contributed by atoms with van der Waals surface area (Å²) in [6.07, 6.45) is 4.14. The van der Waals surface area contributed by atoms with E-state index in [4.69, 9.17) is 0 Å². The van der Waals surface area contributed by atoms with Crippen molar-refractivity contribution >= 4 is 35.8 Å². The fourth-order valence-electron chi connectivity index (χ4n) is 1.62. The zero-order valence-electron chi connectivity index (χ0n) is 13.5. The van der Waals surface area contributed by atoms with Crippen molar-refractivity contribution in [2.45, 2.75) is 39.5 Å². The molecule has 0 aliphatic rings. The molecule has 0 aromatic rings. The molecule has 0 unspecified atom stereocenters. The Labute approximate surface area is 141 Å². The molecular formula is C14H31IN4O. The first kappa shape index (κ1) is 21.8. The summed E-state index contributed by atoms with van der Waals surface area (Å²) in [5, 5.41) is 6.41. The van der Waals surface area contributed by atoms with Gasteiger partial charge in [-0.25, -0.2) is 0 Å². The first-order valence-corrected chi connectivity index (χ1v) is 7.12. The van der Waals surface area contributed by atoms with Crippen LogP contribution in [0.25, 0.3) is 0 Å². The summed E-state index contributed by atoms with van der Waals surface area (Å²) < 4.78 is 0. The van der Waals surface area contributed by atoms with Crippen molar-refractivity contribution in [3.05, 3.63) is 0 Å². The summed E-state index contributed by atoms with van der Waals surface area (Å²) in [5.41, 5.74) is 0. The molecule has 20 heavy (non-hydrogen) atoms. The third-order valence-electron chi connectivity index (χ3n) is 2.85. The summed E-state index contributed by atoms with van der Waals surface area (Å²) in [6.45, 7) is 6.03. The molecule has 0 radical (unpaired) electrons. The van der Waals surface area contributed by atoms with Crippen LogP contribution in [0.15, 0.2) is 4.99 Å². The lowest BCUT2D eigenvalue weighted by molar-refractivity contribution is -0.128. The first-order valence-electron chi connectivity index (χ1n) is 7.12. The van der Waals surface area contributed by atoms with E-state index in [0.29, 0.717) is 13.0 Å². The summed E-state index contributed by atoms with van der Waals surface area (Å²) in [5.74, 6) is 1.67. The number of aliphatic imine (C=N–C) groups is 1. The summed E-state index contributed by atoms with van der Waals surface area (Å²) >= 11 is 0. The lowest BCUT2D eigenvalue weighted by Gasteiger charge is -2.13. The lowest BCUT2D eigenvalue weighted by atomic mass is 10.1. The minimum atomic E-state index is 0. The number of carbonyl (C=O) groups is 1. The van der Waals surface area contributed by atoms with Crippen LogP contribution in [0.1, 0.15) is 39.5 Å². The fourth-order valence-corrected chi connectivity index (χ4v) is 1.62. The molecule has 0 aliphatic carbocycles. The van der Waals surface area contributed by atoms with Crippen molar-refractivity contribution in [2.75, 3.05) is 34.2 Å². The van der Waals surface area contributed by atoms with Crippen molar-refractivity contribution in [2.24, 2.45) is 10.9 Å². The Balaban J connectivity index is 0. The Bertz CT molecular complexity index is 280. The monoisotopic (exact) mass is 398 g/mol. The van der Waals surface area contributed by atoms with Gasteiger partial charge in [0.2, 0.25) is 5.91 Å². The Morgan fingerprint density at radius 1 is 1.15 bits per heavy atom. The maximum atomic E-state index is 11.4. The van der Waals surface area contributed by atoms with E-state index in [9.17, 15) is 4.79 Å². The summed E-state index contributed by atoms with van der Waals surface area (Å²) in [6, 6.07) is 0. The van der Waals surface area contributed by atoms with E-state index < -0.39 is 0 Å². The fraction of sp³-hybridized carbons (Fsp3) is 0.857. The number of rotatable bonds is 8. The number of amides is 1. The predicted molar refractivity (Wildman–Crippen MR) is 96.8 cm³/mol. The van der Waals surface area contributed by atoms with Gasteiger partial charge in [-0.2, -0.15) is 0 Å². The third kappa shape index (κ3) is 12.5. The highest BCUT2D eigenvalue weighted by Crippen LogP contribution is 2.04. The normalized spacial score (nSPS) is 11.0. The van der Waals surface area contributed by atoms with Crippen molar-refractivity contribution in [3.8, 4) is 0 Å². The number of hydrogen-bond donors (Lipinski definition) is 2. The second kappa shape index (κ2) is 13.5. The van der Waals surface area contributed by atoms with Crippen LogP contribution in [-0.2, 0) is 4.79 Å². The Kier molecular flexibility index (Phi) is 14.6. The Hall–Kier alpha value is -0.530. The summed E-state index contributed by atoms with van der Waals surface area (Å²) in [4.78, 5) is 17.1. The number of guanidine groups is 1. The van der Waals surface area contributed by atoms with E-state index >= 15 is 0 Å². The third-order valence-corrected chi connectivity index (χ3v) is 2.85. The van der Waals surface area contributed by atoms with Crippen LogP contribution in [0, 0.1) is 5.92 Å². The Morgan fingerprint density at radius 2 is 1.75 bits per heavy atom. The van der Waals surface area contributed by atoms with Gasteiger partial charge in [0.05, 0.1) is 0 Å². The zero-order valence-corrected chi connectivity index (χ0v) is 15.9. The van der Waals surface area contributed by atoms with Crippen molar-refractivity contribution in [3.63, 3.8) is 0 Å². The molecule has 0 fully saturated rings. The van der Waals surface area contributed by atoms with Crippen LogP contribution < -0.4 is 10.6 Å². The van der Waals surface area contributed by atoms with E-state index in [1.165, 1.54) is 12.8 Å². The predicted octanol–water partition coefficient (Wildman–Crippen LogP) is 2.07. The second-order valence-corrected chi connectivity index (χ2v) is 5.35. The van der Waals surface area contributed by atoms with E-state index in [2.05, 4.69) is 29.5 Å². The van der Waals surface area contributed by atoms with E-state index in [-0.39, 0.29) is 29.9 Å². The van der Waals surface area contributed by atoms with E-state index in [0.717, 1.165) is 24.8 Å². The maximum absolute atomic E-state index is 11.4. The van der Waals surface area contributed by atoms with Gasteiger partial charge in [0, 0.05) is 40.7 Å². The smallest absolute Gasteiger partial charge is 0.223 e. The van der Waals surface area contributed by atoms with Gasteiger partial charge in [-0.05, 0) is 12.3 Å². The standard InChI is InChI=1S/C14H30N4O.HI/c1-12(2)8-6-7-10-16-14(15-3)17-11-9-13(19)18(4)5;/h12H,6-11H2,1-5H3,(H2,15,16,17);1H. The minimum absolute atomic E-state index is 0. The average Bonchev–Trinajstić information content (AvgIpc) is 2.35. The minimum Gasteiger partial charge on any atom is -0.356 e. The van der Waals surface area contributed by atoms with Gasteiger partial charge in [0.1, 0.15) is 0 Å². The number of hydrogen-bond acceptors (Lipinski definition) is 2. The molecule has 1 amide bonds. The topological polar surface area (TPSA) is 56.7 Å². The van der Waals surface area contributed by atoms with Gasteiger partial charge < -0.3 is 15.5 Å².